The Labute approximate surface area is 143 Å². The zero-order valence-corrected chi connectivity index (χ0v) is 13.6. The molecule has 0 aliphatic heterocycles. The number of anilines is 1. The lowest BCUT2D eigenvalue weighted by atomic mass is 10.1. The first kappa shape index (κ1) is 16.1. The van der Waals surface area contributed by atoms with Gasteiger partial charge >= 0.3 is 0 Å². The number of carbonyl (C=O) groups is 1. The molecular weight excluding hydrogens is 328 g/mol. The number of para-hydroxylation sites is 1. The van der Waals surface area contributed by atoms with Crippen LogP contribution in [0.1, 0.15) is 6.92 Å². The number of carbonyl (C=O) groups excluding carboxylic acids is 1. The standard InChI is InChI=1S/C18H15ClN2O3/c1-11(24-13-5-3-2-4-6-13)17(22)21-16-9-12-7-8-20-18(23)14(12)10-15(16)19/h2-11H,1H3,(H,20,23)(H,21,22). The number of halogens is 1. The van der Waals surface area contributed by atoms with Crippen LogP contribution in [0, 0.1) is 0 Å². The van der Waals surface area contributed by atoms with Crippen LogP contribution in [0.3, 0.4) is 0 Å². The number of hydrogen-bond donors (Lipinski definition) is 2. The minimum absolute atomic E-state index is 0.229. The van der Waals surface area contributed by atoms with Gasteiger partial charge in [0, 0.05) is 11.6 Å². The SMILES string of the molecule is CC(Oc1ccccc1)C(=O)Nc1cc2cc[nH]c(=O)c2cc1Cl. The maximum absolute atomic E-state index is 12.3. The monoisotopic (exact) mass is 342 g/mol. The molecule has 1 amide bonds. The summed E-state index contributed by atoms with van der Waals surface area (Å²) >= 11 is 6.18. The number of hydrogen-bond acceptors (Lipinski definition) is 3. The number of benzene rings is 2. The molecule has 0 spiro atoms. The van der Waals surface area contributed by atoms with Crippen LogP contribution in [-0.4, -0.2) is 17.0 Å². The van der Waals surface area contributed by atoms with Crippen molar-refractivity contribution in [2.45, 2.75) is 13.0 Å². The number of amides is 1. The summed E-state index contributed by atoms with van der Waals surface area (Å²) in [6.45, 7) is 1.65. The van der Waals surface area contributed by atoms with Gasteiger partial charge < -0.3 is 15.0 Å². The highest BCUT2D eigenvalue weighted by Gasteiger charge is 2.16. The summed E-state index contributed by atoms with van der Waals surface area (Å²) in [6, 6.07) is 14.0. The fraction of sp³-hybridized carbons (Fsp3) is 0.111. The third-order valence-corrected chi connectivity index (χ3v) is 3.86. The number of ether oxygens (including phenoxy) is 1. The Morgan fingerprint density at radius 2 is 1.96 bits per heavy atom. The molecule has 122 valence electrons. The van der Waals surface area contributed by atoms with E-state index >= 15 is 0 Å². The van der Waals surface area contributed by atoms with Gasteiger partial charge in [0.1, 0.15) is 5.75 Å². The second-order valence-corrected chi connectivity index (χ2v) is 5.70. The van der Waals surface area contributed by atoms with E-state index in [1.807, 2.05) is 18.2 Å². The molecule has 0 aliphatic carbocycles. The predicted octanol–water partition coefficient (Wildman–Crippen LogP) is 3.59. The highest BCUT2D eigenvalue weighted by Crippen LogP contribution is 2.26. The van der Waals surface area contributed by atoms with E-state index < -0.39 is 6.10 Å². The quantitative estimate of drug-likeness (QED) is 0.761. The van der Waals surface area contributed by atoms with Gasteiger partial charge in [-0.15, -0.1) is 0 Å². The van der Waals surface area contributed by atoms with Crippen molar-refractivity contribution < 1.29 is 9.53 Å². The Morgan fingerprint density at radius 3 is 2.71 bits per heavy atom. The van der Waals surface area contributed by atoms with Crippen LogP contribution in [0.4, 0.5) is 5.69 Å². The molecule has 1 aromatic heterocycles. The molecular formula is C18H15ClN2O3. The molecule has 5 nitrogen and oxygen atoms in total. The largest absolute Gasteiger partial charge is 0.481 e. The van der Waals surface area contributed by atoms with Crippen molar-refractivity contribution in [1.82, 2.24) is 4.98 Å². The van der Waals surface area contributed by atoms with E-state index in [9.17, 15) is 9.59 Å². The minimum atomic E-state index is -0.696. The van der Waals surface area contributed by atoms with Crippen LogP contribution < -0.4 is 15.6 Å². The maximum Gasteiger partial charge on any atom is 0.265 e. The molecule has 1 heterocycles. The fourth-order valence-corrected chi connectivity index (χ4v) is 2.51. The lowest BCUT2D eigenvalue weighted by Crippen LogP contribution is -2.30. The van der Waals surface area contributed by atoms with Crippen LogP contribution in [0.25, 0.3) is 10.8 Å². The molecule has 1 atom stereocenters. The van der Waals surface area contributed by atoms with Crippen molar-refractivity contribution >= 4 is 34.0 Å². The van der Waals surface area contributed by atoms with Gasteiger partial charge in [0.2, 0.25) is 0 Å². The van der Waals surface area contributed by atoms with Gasteiger partial charge in [0.15, 0.2) is 6.10 Å². The van der Waals surface area contributed by atoms with E-state index in [4.69, 9.17) is 16.3 Å². The summed E-state index contributed by atoms with van der Waals surface area (Å²) in [5.41, 5.74) is 0.205. The van der Waals surface area contributed by atoms with Gasteiger partial charge in [0.25, 0.3) is 11.5 Å². The fourth-order valence-electron chi connectivity index (χ4n) is 2.30. The lowest BCUT2D eigenvalue weighted by Gasteiger charge is -2.15. The zero-order chi connectivity index (χ0) is 17.1. The van der Waals surface area contributed by atoms with E-state index in [-0.39, 0.29) is 11.5 Å². The Morgan fingerprint density at radius 1 is 1.21 bits per heavy atom. The molecule has 6 heteroatoms. The molecule has 0 saturated carbocycles. The topological polar surface area (TPSA) is 71.2 Å². The van der Waals surface area contributed by atoms with Gasteiger partial charge in [-0.05, 0) is 42.6 Å². The third kappa shape index (κ3) is 3.41. The maximum atomic E-state index is 12.3. The van der Waals surface area contributed by atoms with Crippen LogP contribution in [0.15, 0.2) is 59.5 Å². The van der Waals surface area contributed by atoms with Crippen LogP contribution in [0.5, 0.6) is 5.75 Å². The molecule has 3 aromatic rings. The van der Waals surface area contributed by atoms with Gasteiger partial charge in [-0.3, -0.25) is 9.59 Å². The number of fused-ring (bicyclic) bond motifs is 1. The van der Waals surface area contributed by atoms with Gasteiger partial charge in [0.05, 0.1) is 10.7 Å². The van der Waals surface area contributed by atoms with Crippen LogP contribution in [0.2, 0.25) is 5.02 Å². The van der Waals surface area contributed by atoms with Crippen molar-refractivity contribution in [3.63, 3.8) is 0 Å². The smallest absolute Gasteiger partial charge is 0.265 e. The Hall–Kier alpha value is -2.79. The van der Waals surface area contributed by atoms with Crippen molar-refractivity contribution in [1.29, 1.82) is 0 Å². The van der Waals surface area contributed by atoms with E-state index in [0.717, 1.165) is 0 Å². The van der Waals surface area contributed by atoms with Crippen LogP contribution in [-0.2, 0) is 4.79 Å². The Bertz CT molecular complexity index is 938. The van der Waals surface area contributed by atoms with Crippen molar-refractivity contribution in [3.8, 4) is 5.75 Å². The van der Waals surface area contributed by atoms with Crippen LogP contribution >= 0.6 is 11.6 Å². The normalized spacial score (nSPS) is 11.9. The van der Waals surface area contributed by atoms with E-state index in [2.05, 4.69) is 10.3 Å². The molecule has 2 N–H and O–H groups in total. The first-order valence-electron chi connectivity index (χ1n) is 7.38. The highest BCUT2D eigenvalue weighted by atomic mass is 35.5. The van der Waals surface area contributed by atoms with Gasteiger partial charge in [-0.1, -0.05) is 29.8 Å². The number of nitrogens with one attached hydrogen (secondary N) is 2. The molecule has 0 aliphatic rings. The number of aromatic nitrogens is 1. The Balaban J connectivity index is 1.80. The summed E-state index contributed by atoms with van der Waals surface area (Å²) < 4.78 is 5.58. The summed E-state index contributed by atoms with van der Waals surface area (Å²) in [7, 11) is 0. The van der Waals surface area contributed by atoms with Crippen molar-refractivity contribution in [2.24, 2.45) is 0 Å². The first-order chi connectivity index (χ1) is 11.5. The molecule has 0 radical (unpaired) electrons. The predicted molar refractivity (Wildman–Crippen MR) is 94.7 cm³/mol. The zero-order valence-electron chi connectivity index (χ0n) is 12.9. The first-order valence-corrected chi connectivity index (χ1v) is 7.76. The van der Waals surface area contributed by atoms with Crippen molar-refractivity contribution in [2.75, 3.05) is 5.32 Å². The summed E-state index contributed by atoms with van der Waals surface area (Å²) in [4.78, 5) is 26.6. The molecule has 0 saturated heterocycles. The average Bonchev–Trinajstić information content (AvgIpc) is 2.57. The average molecular weight is 343 g/mol. The number of rotatable bonds is 4. The number of aromatic amines is 1. The number of pyridine rings is 1. The number of H-pyrrole nitrogens is 1. The van der Waals surface area contributed by atoms with Crippen molar-refractivity contribution in [3.05, 3.63) is 70.1 Å². The molecule has 0 bridgehead atoms. The highest BCUT2D eigenvalue weighted by molar-refractivity contribution is 6.34. The van der Waals surface area contributed by atoms with Gasteiger partial charge in [-0.2, -0.15) is 0 Å². The summed E-state index contributed by atoms with van der Waals surface area (Å²) in [5.74, 6) is 0.279. The molecule has 0 fully saturated rings. The lowest BCUT2D eigenvalue weighted by molar-refractivity contribution is -0.122. The molecule has 1 unspecified atom stereocenters. The van der Waals surface area contributed by atoms with E-state index in [1.54, 1.807) is 37.4 Å². The third-order valence-electron chi connectivity index (χ3n) is 3.54. The van der Waals surface area contributed by atoms with Gasteiger partial charge in [-0.25, -0.2) is 0 Å². The van der Waals surface area contributed by atoms with E-state index in [1.165, 1.54) is 6.07 Å². The summed E-state index contributed by atoms with van der Waals surface area (Å²) in [6.07, 6.45) is 0.851. The second-order valence-electron chi connectivity index (χ2n) is 5.29. The minimum Gasteiger partial charge on any atom is -0.481 e. The van der Waals surface area contributed by atoms with E-state index in [0.29, 0.717) is 27.2 Å². The molecule has 2 aromatic carbocycles. The Kier molecular flexibility index (Phi) is 4.53. The summed E-state index contributed by atoms with van der Waals surface area (Å²) in [5, 5.41) is 4.18. The molecule has 24 heavy (non-hydrogen) atoms. The second kappa shape index (κ2) is 6.76. The molecule has 3 rings (SSSR count).